The third-order valence-electron chi connectivity index (χ3n) is 4.23. The number of nitrogens with zero attached hydrogens (tertiary/aromatic N) is 3. The van der Waals surface area contributed by atoms with Crippen molar-refractivity contribution < 1.29 is 18.1 Å². The van der Waals surface area contributed by atoms with E-state index >= 15 is 0 Å². The van der Waals surface area contributed by atoms with E-state index in [0.29, 0.717) is 0 Å². The monoisotopic (exact) mass is 426 g/mol. The largest absolute Gasteiger partial charge is 0.271 e. The predicted molar refractivity (Wildman–Crippen MR) is 115 cm³/mol. The van der Waals surface area contributed by atoms with Gasteiger partial charge in [0.25, 0.3) is 11.6 Å². The number of nitrogens with one attached hydrogen (secondary N) is 1. The average Bonchev–Trinajstić information content (AvgIpc) is 2.71. The van der Waals surface area contributed by atoms with E-state index in [0.717, 1.165) is 33.0 Å². The average molecular weight is 426 g/mol. The normalized spacial score (nSPS) is 11.5. The first-order valence-corrected chi connectivity index (χ1v) is 10.6. The molecule has 0 aliphatic heterocycles. The van der Waals surface area contributed by atoms with Crippen LogP contribution in [0.25, 0.3) is 10.8 Å². The maximum atomic E-state index is 12.3. The van der Waals surface area contributed by atoms with Gasteiger partial charge in [0.15, 0.2) is 0 Å². The fourth-order valence-electron chi connectivity index (χ4n) is 2.86. The van der Waals surface area contributed by atoms with E-state index in [1.807, 2.05) is 42.5 Å². The third-order valence-corrected chi connectivity index (χ3v) is 5.37. The van der Waals surface area contributed by atoms with Gasteiger partial charge in [-0.25, -0.2) is 13.8 Å². The molecule has 1 amide bonds. The van der Waals surface area contributed by atoms with Crippen molar-refractivity contribution in [1.29, 1.82) is 0 Å². The van der Waals surface area contributed by atoms with Crippen LogP contribution in [0.3, 0.4) is 0 Å². The molecule has 0 spiro atoms. The molecular weight excluding hydrogens is 408 g/mol. The van der Waals surface area contributed by atoms with Crippen LogP contribution < -0.4 is 9.73 Å². The lowest BCUT2D eigenvalue weighted by molar-refractivity contribution is -0.384. The summed E-state index contributed by atoms with van der Waals surface area (Å²) in [7, 11) is -3.86. The van der Waals surface area contributed by atoms with Crippen LogP contribution in [0, 0.1) is 10.1 Å². The maximum absolute atomic E-state index is 12.3. The van der Waals surface area contributed by atoms with Crippen LogP contribution in [0.15, 0.2) is 71.8 Å². The Labute approximate surface area is 172 Å². The topological polar surface area (TPSA) is 122 Å². The molecule has 154 valence electrons. The van der Waals surface area contributed by atoms with E-state index in [9.17, 15) is 23.3 Å². The molecule has 9 nitrogen and oxygen atoms in total. The van der Waals surface area contributed by atoms with Crippen LogP contribution in [0.5, 0.6) is 0 Å². The third kappa shape index (κ3) is 4.97. The van der Waals surface area contributed by atoms with Gasteiger partial charge in [-0.15, -0.1) is 0 Å². The molecule has 0 radical (unpaired) electrons. The van der Waals surface area contributed by atoms with E-state index in [-0.39, 0.29) is 11.4 Å². The number of anilines is 1. The number of nitro benzene ring substituents is 1. The first-order chi connectivity index (χ1) is 14.3. The van der Waals surface area contributed by atoms with E-state index in [4.69, 9.17) is 0 Å². The number of hydrogen-bond donors (Lipinski definition) is 1. The maximum Gasteiger partial charge on any atom is 0.271 e. The number of carbonyl (C=O) groups is 1. The Hall–Kier alpha value is -3.79. The second-order valence-electron chi connectivity index (χ2n) is 6.41. The van der Waals surface area contributed by atoms with Gasteiger partial charge in [-0.2, -0.15) is 5.10 Å². The Balaban J connectivity index is 1.76. The molecule has 10 heteroatoms. The summed E-state index contributed by atoms with van der Waals surface area (Å²) >= 11 is 0. The number of nitro groups is 1. The van der Waals surface area contributed by atoms with Crippen LogP contribution in [-0.2, 0) is 14.8 Å². The SMILES string of the molecule is CS(=O)(=O)N(CC(=O)N/N=C\c1cccc2ccccc12)c1cccc([N+](=O)[O-])c1. The smallest absolute Gasteiger partial charge is 0.271 e. The highest BCUT2D eigenvalue weighted by Gasteiger charge is 2.22. The van der Waals surface area contributed by atoms with Crippen molar-refractivity contribution in [3.05, 3.63) is 82.4 Å². The van der Waals surface area contributed by atoms with Gasteiger partial charge in [0.1, 0.15) is 6.54 Å². The molecule has 3 aromatic rings. The summed E-state index contributed by atoms with van der Waals surface area (Å²) in [5, 5.41) is 16.8. The van der Waals surface area contributed by atoms with Crippen molar-refractivity contribution >= 4 is 44.3 Å². The standard InChI is InChI=1S/C20H18N4O5S/c1-30(28,29)23(17-9-5-10-18(12-17)24(26)27)14-20(25)22-21-13-16-8-4-7-15-6-2-3-11-19(15)16/h2-13H,14H2,1H3,(H,22,25)/b21-13-. The fourth-order valence-corrected chi connectivity index (χ4v) is 3.71. The Morgan fingerprint density at radius 3 is 2.57 bits per heavy atom. The van der Waals surface area contributed by atoms with Crippen LogP contribution in [0.1, 0.15) is 5.56 Å². The second kappa shape index (κ2) is 8.70. The number of non-ortho nitro benzene ring substituents is 1. The Bertz CT molecular complexity index is 1240. The summed E-state index contributed by atoms with van der Waals surface area (Å²) in [6.07, 6.45) is 2.39. The van der Waals surface area contributed by atoms with Crippen molar-refractivity contribution in [2.24, 2.45) is 5.10 Å². The summed E-state index contributed by atoms with van der Waals surface area (Å²) < 4.78 is 25.0. The number of amides is 1. The number of sulfonamides is 1. The molecule has 0 heterocycles. The minimum atomic E-state index is -3.86. The molecule has 0 aliphatic carbocycles. The van der Waals surface area contributed by atoms with Crippen LogP contribution in [-0.4, -0.2) is 38.3 Å². The first-order valence-electron chi connectivity index (χ1n) is 8.77. The van der Waals surface area contributed by atoms with Gasteiger partial charge in [-0.3, -0.25) is 19.2 Å². The molecule has 3 aromatic carbocycles. The van der Waals surface area contributed by atoms with E-state index in [1.54, 1.807) is 0 Å². The summed E-state index contributed by atoms with van der Waals surface area (Å²) in [4.78, 5) is 22.6. The quantitative estimate of drug-likeness (QED) is 0.354. The molecule has 0 saturated carbocycles. The predicted octanol–water partition coefficient (Wildman–Crippen LogP) is 2.66. The highest BCUT2D eigenvalue weighted by Crippen LogP contribution is 2.23. The van der Waals surface area contributed by atoms with Crippen molar-refractivity contribution in [2.75, 3.05) is 17.1 Å². The summed E-state index contributed by atoms with van der Waals surface area (Å²) in [5.74, 6) is -0.691. The van der Waals surface area contributed by atoms with Gasteiger partial charge in [0.05, 0.1) is 23.1 Å². The molecular formula is C20H18N4O5S. The molecule has 0 atom stereocenters. The minimum absolute atomic E-state index is 0.0138. The van der Waals surface area contributed by atoms with Gasteiger partial charge in [0, 0.05) is 17.7 Å². The summed E-state index contributed by atoms with van der Waals surface area (Å²) in [5.41, 5.74) is 2.81. The van der Waals surface area contributed by atoms with Crippen LogP contribution >= 0.6 is 0 Å². The Morgan fingerprint density at radius 1 is 1.13 bits per heavy atom. The zero-order valence-electron chi connectivity index (χ0n) is 15.9. The lowest BCUT2D eigenvalue weighted by atomic mass is 10.1. The van der Waals surface area contributed by atoms with E-state index in [2.05, 4.69) is 10.5 Å². The van der Waals surface area contributed by atoms with Gasteiger partial charge in [-0.1, -0.05) is 48.5 Å². The van der Waals surface area contributed by atoms with Gasteiger partial charge >= 0.3 is 0 Å². The molecule has 0 aliphatic rings. The molecule has 0 fully saturated rings. The molecule has 30 heavy (non-hydrogen) atoms. The molecule has 0 bridgehead atoms. The van der Waals surface area contributed by atoms with Crippen LogP contribution in [0.4, 0.5) is 11.4 Å². The zero-order chi connectivity index (χ0) is 21.7. The van der Waals surface area contributed by atoms with E-state index in [1.165, 1.54) is 24.4 Å². The number of hydrogen-bond acceptors (Lipinski definition) is 6. The number of fused-ring (bicyclic) bond motifs is 1. The fraction of sp³-hybridized carbons (Fsp3) is 0.100. The highest BCUT2D eigenvalue weighted by molar-refractivity contribution is 7.92. The van der Waals surface area contributed by atoms with E-state index < -0.39 is 27.4 Å². The number of hydrazone groups is 1. The lowest BCUT2D eigenvalue weighted by Crippen LogP contribution is -2.39. The summed E-state index contributed by atoms with van der Waals surface area (Å²) in [6.45, 7) is -0.577. The van der Waals surface area contributed by atoms with Crippen molar-refractivity contribution in [2.45, 2.75) is 0 Å². The second-order valence-corrected chi connectivity index (χ2v) is 8.31. The first kappa shape index (κ1) is 20.9. The lowest BCUT2D eigenvalue weighted by Gasteiger charge is -2.21. The molecule has 3 rings (SSSR count). The molecule has 0 unspecified atom stereocenters. The van der Waals surface area contributed by atoms with Gasteiger partial charge in [0.2, 0.25) is 10.0 Å². The number of benzene rings is 3. The van der Waals surface area contributed by atoms with Gasteiger partial charge < -0.3 is 0 Å². The number of rotatable bonds is 7. The van der Waals surface area contributed by atoms with Crippen molar-refractivity contribution in [1.82, 2.24) is 5.43 Å². The zero-order valence-corrected chi connectivity index (χ0v) is 16.7. The van der Waals surface area contributed by atoms with Crippen LogP contribution in [0.2, 0.25) is 0 Å². The summed E-state index contributed by atoms with van der Waals surface area (Å²) in [6, 6.07) is 18.4. The molecule has 0 aromatic heterocycles. The molecule has 0 saturated heterocycles. The minimum Gasteiger partial charge on any atom is -0.271 e. The Kier molecular flexibility index (Phi) is 6.07. The highest BCUT2D eigenvalue weighted by atomic mass is 32.2. The van der Waals surface area contributed by atoms with Crippen molar-refractivity contribution in [3.63, 3.8) is 0 Å². The van der Waals surface area contributed by atoms with Crippen molar-refractivity contribution in [3.8, 4) is 0 Å². The number of carbonyl (C=O) groups excluding carboxylic acids is 1. The Morgan fingerprint density at radius 2 is 1.83 bits per heavy atom. The van der Waals surface area contributed by atoms with Gasteiger partial charge in [-0.05, 0) is 16.8 Å². The molecule has 1 N–H and O–H groups in total.